The summed E-state index contributed by atoms with van der Waals surface area (Å²) in [6, 6.07) is 5.54. The highest BCUT2D eigenvalue weighted by molar-refractivity contribution is 5.92. The summed E-state index contributed by atoms with van der Waals surface area (Å²) in [7, 11) is 0. The molecule has 0 aliphatic carbocycles. The third-order valence-corrected chi connectivity index (χ3v) is 1.69. The maximum atomic E-state index is 11.3. The van der Waals surface area contributed by atoms with Crippen molar-refractivity contribution in [3.8, 4) is 5.75 Å². The zero-order valence-corrected chi connectivity index (χ0v) is 7.97. The van der Waals surface area contributed by atoms with E-state index in [0.717, 1.165) is 0 Å². The normalized spacial score (nSPS) is 9.67. The number of carbonyl (C=O) groups is 2. The topological polar surface area (TPSA) is 89.6 Å². The number of phenolic OH excluding ortho intramolecular Hbond substituents is 1. The summed E-state index contributed by atoms with van der Waals surface area (Å²) in [5.41, 5.74) is 5.32. The highest BCUT2D eigenvalue weighted by Crippen LogP contribution is 2.10. The van der Waals surface area contributed by atoms with Crippen molar-refractivity contribution in [1.29, 1.82) is 0 Å². The molecule has 0 heterocycles. The molecule has 0 bridgehead atoms. The minimum atomic E-state index is -0.614. The predicted octanol–water partition coefficient (Wildman–Crippen LogP) is 0.0768. The fourth-order valence-electron chi connectivity index (χ4n) is 0.886. The van der Waals surface area contributed by atoms with Crippen molar-refractivity contribution in [2.24, 2.45) is 5.73 Å². The highest BCUT2D eigenvalue weighted by atomic mass is 16.5. The van der Waals surface area contributed by atoms with E-state index in [9.17, 15) is 9.59 Å². The minimum Gasteiger partial charge on any atom is -0.508 e. The van der Waals surface area contributed by atoms with Crippen LogP contribution in [0.25, 0.3) is 0 Å². The van der Waals surface area contributed by atoms with Gasteiger partial charge in [0.1, 0.15) is 5.75 Å². The van der Waals surface area contributed by atoms with Gasteiger partial charge in [0.2, 0.25) is 0 Å². The van der Waals surface area contributed by atoms with Crippen LogP contribution in [0, 0.1) is 0 Å². The molecule has 5 heteroatoms. The summed E-state index contributed by atoms with van der Waals surface area (Å²) in [4.78, 5) is 22.0. The fraction of sp³-hybridized carbons (Fsp3) is 0.200. The lowest BCUT2D eigenvalue weighted by molar-refractivity contribution is -0.120. The molecule has 0 aromatic heterocycles. The molecule has 1 aromatic rings. The van der Waals surface area contributed by atoms with E-state index in [1.54, 1.807) is 0 Å². The van der Waals surface area contributed by atoms with Crippen LogP contribution in [0.15, 0.2) is 24.3 Å². The Balaban J connectivity index is 2.54. The lowest BCUT2D eigenvalue weighted by Gasteiger charge is -2.02. The molecule has 3 N–H and O–H groups in total. The van der Waals surface area contributed by atoms with Crippen molar-refractivity contribution in [2.75, 3.05) is 13.2 Å². The standard InChI is InChI=1S/C10H11NO4/c11-5-9(13)6-15-10(14)7-1-3-8(12)4-2-7/h1-4,12H,5-6,11H2. The number of ketones is 1. The van der Waals surface area contributed by atoms with Crippen molar-refractivity contribution in [3.63, 3.8) is 0 Å². The van der Waals surface area contributed by atoms with Crippen molar-refractivity contribution in [3.05, 3.63) is 29.8 Å². The Morgan fingerprint density at radius 3 is 2.40 bits per heavy atom. The molecule has 0 aliphatic heterocycles. The summed E-state index contributed by atoms with van der Waals surface area (Å²) in [6.45, 7) is -0.473. The van der Waals surface area contributed by atoms with Gasteiger partial charge in [-0.15, -0.1) is 0 Å². The Morgan fingerprint density at radius 2 is 1.87 bits per heavy atom. The predicted molar refractivity (Wildman–Crippen MR) is 52.5 cm³/mol. The van der Waals surface area contributed by atoms with Gasteiger partial charge in [0.25, 0.3) is 0 Å². The zero-order valence-electron chi connectivity index (χ0n) is 7.97. The van der Waals surface area contributed by atoms with Crippen LogP contribution < -0.4 is 5.73 Å². The van der Waals surface area contributed by atoms with E-state index >= 15 is 0 Å². The van der Waals surface area contributed by atoms with Crippen molar-refractivity contribution in [2.45, 2.75) is 0 Å². The summed E-state index contributed by atoms with van der Waals surface area (Å²) >= 11 is 0. The second kappa shape index (κ2) is 5.11. The molecule has 15 heavy (non-hydrogen) atoms. The second-order valence-corrected chi connectivity index (χ2v) is 2.87. The molecule has 0 unspecified atom stereocenters. The largest absolute Gasteiger partial charge is 0.508 e. The van der Waals surface area contributed by atoms with Gasteiger partial charge in [0.15, 0.2) is 12.4 Å². The van der Waals surface area contributed by atoms with Crippen LogP contribution in [0.4, 0.5) is 0 Å². The summed E-state index contributed by atoms with van der Waals surface area (Å²) in [5, 5.41) is 8.97. The van der Waals surface area contributed by atoms with Crippen molar-refractivity contribution >= 4 is 11.8 Å². The van der Waals surface area contributed by atoms with Crippen LogP contribution in [0.1, 0.15) is 10.4 Å². The third kappa shape index (κ3) is 3.40. The van der Waals surface area contributed by atoms with Gasteiger partial charge in [-0.2, -0.15) is 0 Å². The maximum Gasteiger partial charge on any atom is 0.338 e. The van der Waals surface area contributed by atoms with Gasteiger partial charge < -0.3 is 15.6 Å². The molecule has 0 amide bonds. The fourth-order valence-corrected chi connectivity index (χ4v) is 0.886. The first kappa shape index (κ1) is 11.2. The third-order valence-electron chi connectivity index (χ3n) is 1.69. The van der Waals surface area contributed by atoms with Crippen molar-refractivity contribution < 1.29 is 19.4 Å². The molecule has 0 atom stereocenters. The Kier molecular flexibility index (Phi) is 3.82. The molecule has 0 saturated heterocycles. The number of Topliss-reactive ketones (excluding diaryl/α,β-unsaturated/α-hetero) is 1. The molecule has 1 rings (SSSR count). The number of esters is 1. The van der Waals surface area contributed by atoms with E-state index in [4.69, 9.17) is 10.8 Å². The van der Waals surface area contributed by atoms with E-state index in [1.807, 2.05) is 0 Å². The molecular weight excluding hydrogens is 198 g/mol. The molecule has 0 fully saturated rings. The second-order valence-electron chi connectivity index (χ2n) is 2.87. The Labute approximate surface area is 86.5 Å². The Hall–Kier alpha value is -1.88. The van der Waals surface area contributed by atoms with E-state index < -0.39 is 5.97 Å². The molecule has 0 radical (unpaired) electrons. The van der Waals surface area contributed by atoms with Crippen molar-refractivity contribution in [1.82, 2.24) is 0 Å². The summed E-state index contributed by atoms with van der Waals surface area (Å²) in [6.07, 6.45) is 0. The van der Waals surface area contributed by atoms with Crippen LogP contribution in [0.5, 0.6) is 5.75 Å². The first-order valence-corrected chi connectivity index (χ1v) is 4.31. The zero-order chi connectivity index (χ0) is 11.3. The van der Waals surface area contributed by atoms with Gasteiger partial charge in [-0.1, -0.05) is 0 Å². The number of carbonyl (C=O) groups excluding carboxylic acids is 2. The molecule has 5 nitrogen and oxygen atoms in total. The van der Waals surface area contributed by atoms with Crippen LogP contribution >= 0.6 is 0 Å². The molecule has 0 spiro atoms. The smallest absolute Gasteiger partial charge is 0.338 e. The Bertz CT molecular complexity index is 358. The lowest BCUT2D eigenvalue weighted by atomic mass is 10.2. The number of ether oxygens (including phenoxy) is 1. The van der Waals surface area contributed by atoms with Crippen LogP contribution in [0.2, 0.25) is 0 Å². The van der Waals surface area contributed by atoms with E-state index in [1.165, 1.54) is 24.3 Å². The average molecular weight is 209 g/mol. The molecule has 0 saturated carbocycles. The SMILES string of the molecule is NCC(=O)COC(=O)c1ccc(O)cc1. The van der Waals surface area contributed by atoms with Gasteiger partial charge in [0, 0.05) is 0 Å². The molecule has 1 aromatic carbocycles. The number of phenols is 1. The van der Waals surface area contributed by atoms with Gasteiger partial charge in [-0.05, 0) is 24.3 Å². The van der Waals surface area contributed by atoms with Gasteiger partial charge in [-0.25, -0.2) is 4.79 Å². The van der Waals surface area contributed by atoms with Crippen LogP contribution in [-0.2, 0) is 9.53 Å². The molecule has 0 aliphatic rings. The average Bonchev–Trinajstić information content (AvgIpc) is 2.26. The monoisotopic (exact) mass is 209 g/mol. The highest BCUT2D eigenvalue weighted by Gasteiger charge is 2.08. The van der Waals surface area contributed by atoms with E-state index in [-0.39, 0.29) is 30.2 Å². The number of nitrogens with two attached hydrogens (primary N) is 1. The Morgan fingerprint density at radius 1 is 1.27 bits per heavy atom. The maximum absolute atomic E-state index is 11.3. The molecule has 80 valence electrons. The van der Waals surface area contributed by atoms with Gasteiger partial charge in [0.05, 0.1) is 12.1 Å². The number of benzene rings is 1. The van der Waals surface area contributed by atoms with E-state index in [0.29, 0.717) is 0 Å². The number of hydrogen-bond donors (Lipinski definition) is 2. The van der Waals surface area contributed by atoms with Gasteiger partial charge in [-0.3, -0.25) is 4.79 Å². The van der Waals surface area contributed by atoms with Crippen LogP contribution in [0.3, 0.4) is 0 Å². The first-order chi connectivity index (χ1) is 7.13. The number of rotatable bonds is 4. The minimum absolute atomic E-state index is 0.0598. The lowest BCUT2D eigenvalue weighted by Crippen LogP contribution is -2.21. The first-order valence-electron chi connectivity index (χ1n) is 4.31. The number of hydrogen-bond acceptors (Lipinski definition) is 5. The summed E-state index contributed by atoms with van der Waals surface area (Å²) < 4.78 is 4.67. The summed E-state index contributed by atoms with van der Waals surface area (Å²) in [5.74, 6) is -0.900. The number of aromatic hydroxyl groups is 1. The quantitative estimate of drug-likeness (QED) is 0.685. The van der Waals surface area contributed by atoms with Gasteiger partial charge >= 0.3 is 5.97 Å². The van der Waals surface area contributed by atoms with E-state index in [2.05, 4.69) is 4.74 Å². The molecular formula is C10H11NO4. The van der Waals surface area contributed by atoms with Crippen LogP contribution in [-0.4, -0.2) is 30.0 Å².